The number of benzene rings is 1. The van der Waals surface area contributed by atoms with E-state index in [4.69, 9.17) is 0 Å². The molecule has 0 saturated heterocycles. The van der Waals surface area contributed by atoms with E-state index in [1.807, 2.05) is 37.3 Å². The predicted octanol–water partition coefficient (Wildman–Crippen LogP) is 3.83. The Labute approximate surface area is 114 Å². The molecule has 3 rings (SSSR count). The van der Waals surface area contributed by atoms with Crippen molar-refractivity contribution in [1.82, 2.24) is 9.97 Å². The number of ketones is 1. The van der Waals surface area contributed by atoms with E-state index in [2.05, 4.69) is 9.97 Å². The summed E-state index contributed by atoms with van der Waals surface area (Å²) in [5, 5.41) is 1.11. The van der Waals surface area contributed by atoms with Crippen molar-refractivity contribution in [1.29, 1.82) is 0 Å². The van der Waals surface area contributed by atoms with Crippen molar-refractivity contribution in [2.24, 2.45) is 0 Å². The second-order valence-electron chi connectivity index (χ2n) is 4.26. The van der Waals surface area contributed by atoms with Gasteiger partial charge in [-0.05, 0) is 36.6 Å². The first-order valence-corrected chi connectivity index (χ1v) is 6.76. The number of aromatic amines is 1. The van der Waals surface area contributed by atoms with Crippen LogP contribution < -0.4 is 0 Å². The Bertz CT molecular complexity index is 734. The van der Waals surface area contributed by atoms with Gasteiger partial charge >= 0.3 is 0 Å². The van der Waals surface area contributed by atoms with Gasteiger partial charge in [0.15, 0.2) is 5.78 Å². The number of thiophene rings is 1. The van der Waals surface area contributed by atoms with E-state index >= 15 is 0 Å². The molecule has 0 saturated carbocycles. The van der Waals surface area contributed by atoms with Crippen LogP contribution in [0.3, 0.4) is 0 Å². The van der Waals surface area contributed by atoms with Crippen LogP contribution in [0.15, 0.2) is 42.7 Å². The van der Waals surface area contributed by atoms with Gasteiger partial charge in [0.05, 0.1) is 16.9 Å². The zero-order valence-electron chi connectivity index (χ0n) is 10.4. The number of nitrogens with zero attached hydrogens (tertiary/aromatic N) is 1. The Balaban J connectivity index is 1.88. The van der Waals surface area contributed by atoms with Crippen molar-refractivity contribution >= 4 is 33.3 Å². The summed E-state index contributed by atoms with van der Waals surface area (Å²) < 4.78 is 1.13. The molecular weight excluding hydrogens is 256 g/mol. The summed E-state index contributed by atoms with van der Waals surface area (Å²) >= 11 is 1.52. The van der Waals surface area contributed by atoms with Crippen LogP contribution in [0.2, 0.25) is 0 Å². The van der Waals surface area contributed by atoms with Gasteiger partial charge in [0.25, 0.3) is 0 Å². The van der Waals surface area contributed by atoms with E-state index in [-0.39, 0.29) is 5.78 Å². The Hall–Kier alpha value is -2.20. The van der Waals surface area contributed by atoms with Gasteiger partial charge in [-0.2, -0.15) is 0 Å². The molecule has 0 radical (unpaired) electrons. The molecule has 2 heterocycles. The van der Waals surface area contributed by atoms with Crippen LogP contribution in [-0.2, 0) is 0 Å². The normalized spacial score (nSPS) is 11.4. The molecule has 0 spiro atoms. The highest BCUT2D eigenvalue weighted by Crippen LogP contribution is 2.25. The van der Waals surface area contributed by atoms with Gasteiger partial charge in [0.2, 0.25) is 0 Å². The van der Waals surface area contributed by atoms with Crippen molar-refractivity contribution in [2.45, 2.75) is 6.92 Å². The average Bonchev–Trinajstić information content (AvgIpc) is 3.01. The summed E-state index contributed by atoms with van der Waals surface area (Å²) in [6.45, 7) is 1.93. The maximum absolute atomic E-state index is 12.1. The minimum atomic E-state index is 0.0172. The van der Waals surface area contributed by atoms with E-state index in [1.54, 1.807) is 18.5 Å². The number of H-pyrrole nitrogens is 1. The fourth-order valence-corrected chi connectivity index (χ4v) is 2.86. The Morgan fingerprint density at radius 3 is 2.95 bits per heavy atom. The summed E-state index contributed by atoms with van der Waals surface area (Å²) in [5.74, 6) is 0.0172. The summed E-state index contributed by atoms with van der Waals surface area (Å²) in [6.07, 6.45) is 4.95. The lowest BCUT2D eigenvalue weighted by Gasteiger charge is -1.89. The smallest absolute Gasteiger partial charge is 0.195 e. The van der Waals surface area contributed by atoms with Crippen molar-refractivity contribution in [3.8, 4) is 0 Å². The SMILES string of the molecule is Cc1[nH]cnc1/C=C/C(=O)c1cc2ccccc2s1. The molecular formula is C15H12N2OS. The number of aromatic nitrogens is 2. The van der Waals surface area contributed by atoms with Crippen molar-refractivity contribution in [3.63, 3.8) is 0 Å². The number of imidazole rings is 1. The van der Waals surface area contributed by atoms with Crippen LogP contribution >= 0.6 is 11.3 Å². The quantitative estimate of drug-likeness (QED) is 0.579. The molecule has 2 aromatic heterocycles. The average molecular weight is 268 g/mol. The van der Waals surface area contributed by atoms with Crippen LogP contribution in [-0.4, -0.2) is 15.8 Å². The molecule has 0 fully saturated rings. The van der Waals surface area contributed by atoms with Crippen LogP contribution in [0.1, 0.15) is 21.1 Å². The fraction of sp³-hybridized carbons (Fsp3) is 0.0667. The van der Waals surface area contributed by atoms with E-state index in [9.17, 15) is 4.79 Å². The largest absolute Gasteiger partial charge is 0.348 e. The summed E-state index contributed by atoms with van der Waals surface area (Å²) in [4.78, 5) is 20.0. The van der Waals surface area contributed by atoms with Gasteiger partial charge < -0.3 is 4.98 Å². The first-order chi connectivity index (χ1) is 9.24. The maximum atomic E-state index is 12.1. The Kier molecular flexibility index (Phi) is 3.01. The van der Waals surface area contributed by atoms with E-state index in [0.29, 0.717) is 0 Å². The molecule has 94 valence electrons. The molecule has 0 amide bonds. The zero-order valence-corrected chi connectivity index (χ0v) is 11.2. The maximum Gasteiger partial charge on any atom is 0.195 e. The molecule has 19 heavy (non-hydrogen) atoms. The number of nitrogens with one attached hydrogen (secondary N) is 1. The number of allylic oxidation sites excluding steroid dienone is 1. The van der Waals surface area contributed by atoms with Gasteiger partial charge in [0, 0.05) is 10.4 Å². The first-order valence-electron chi connectivity index (χ1n) is 5.95. The lowest BCUT2D eigenvalue weighted by atomic mass is 10.2. The highest BCUT2D eigenvalue weighted by atomic mass is 32.1. The number of carbonyl (C=O) groups is 1. The molecule has 3 aromatic rings. The number of rotatable bonds is 3. The lowest BCUT2D eigenvalue weighted by Crippen LogP contribution is -1.89. The number of hydrogen-bond acceptors (Lipinski definition) is 3. The molecule has 0 bridgehead atoms. The Morgan fingerprint density at radius 1 is 1.37 bits per heavy atom. The third-order valence-electron chi connectivity index (χ3n) is 2.93. The van der Waals surface area contributed by atoms with Crippen LogP contribution in [0.25, 0.3) is 16.2 Å². The Morgan fingerprint density at radius 2 is 2.21 bits per heavy atom. The monoisotopic (exact) mass is 268 g/mol. The molecule has 0 aliphatic carbocycles. The summed E-state index contributed by atoms with van der Waals surface area (Å²) in [6, 6.07) is 9.94. The number of carbonyl (C=O) groups excluding carboxylic acids is 1. The molecule has 0 aliphatic heterocycles. The van der Waals surface area contributed by atoms with Crippen LogP contribution in [0, 0.1) is 6.92 Å². The van der Waals surface area contributed by atoms with E-state index in [1.165, 1.54) is 11.3 Å². The van der Waals surface area contributed by atoms with Gasteiger partial charge in [-0.3, -0.25) is 4.79 Å². The lowest BCUT2D eigenvalue weighted by molar-refractivity contribution is 0.105. The standard InChI is InChI=1S/C15H12N2OS/c1-10-12(17-9-16-10)6-7-13(18)15-8-11-4-2-3-5-14(11)19-15/h2-9H,1H3,(H,16,17)/b7-6+. The van der Waals surface area contributed by atoms with Crippen molar-refractivity contribution < 1.29 is 4.79 Å². The predicted molar refractivity (Wildman–Crippen MR) is 78.5 cm³/mol. The van der Waals surface area contributed by atoms with Crippen LogP contribution in [0.4, 0.5) is 0 Å². The zero-order chi connectivity index (χ0) is 13.2. The molecule has 1 N–H and O–H groups in total. The number of fused-ring (bicyclic) bond motifs is 1. The second kappa shape index (κ2) is 4.82. The molecule has 0 atom stereocenters. The summed E-state index contributed by atoms with van der Waals surface area (Å²) in [5.41, 5.74) is 1.76. The van der Waals surface area contributed by atoms with E-state index < -0.39 is 0 Å². The third kappa shape index (κ3) is 2.35. The first kappa shape index (κ1) is 11.9. The minimum absolute atomic E-state index is 0.0172. The number of aryl methyl sites for hydroxylation is 1. The highest BCUT2D eigenvalue weighted by molar-refractivity contribution is 7.21. The molecule has 1 aromatic carbocycles. The van der Waals surface area contributed by atoms with Gasteiger partial charge in [-0.25, -0.2) is 4.98 Å². The van der Waals surface area contributed by atoms with E-state index in [0.717, 1.165) is 26.4 Å². The van der Waals surface area contributed by atoms with Crippen LogP contribution in [0.5, 0.6) is 0 Å². The van der Waals surface area contributed by atoms with Gasteiger partial charge in [0.1, 0.15) is 0 Å². The van der Waals surface area contributed by atoms with Crippen molar-refractivity contribution in [2.75, 3.05) is 0 Å². The highest BCUT2D eigenvalue weighted by Gasteiger charge is 2.07. The fourth-order valence-electron chi connectivity index (χ4n) is 1.88. The second-order valence-corrected chi connectivity index (χ2v) is 5.34. The molecule has 0 aliphatic rings. The minimum Gasteiger partial charge on any atom is -0.348 e. The van der Waals surface area contributed by atoms with Gasteiger partial charge in [-0.1, -0.05) is 18.2 Å². The molecule has 4 heteroatoms. The molecule has 0 unspecified atom stereocenters. The third-order valence-corrected chi connectivity index (χ3v) is 4.06. The number of hydrogen-bond donors (Lipinski definition) is 1. The van der Waals surface area contributed by atoms with Crippen molar-refractivity contribution in [3.05, 3.63) is 59.0 Å². The summed E-state index contributed by atoms with van der Waals surface area (Å²) in [7, 11) is 0. The topological polar surface area (TPSA) is 45.8 Å². The molecule has 3 nitrogen and oxygen atoms in total. The van der Waals surface area contributed by atoms with Gasteiger partial charge in [-0.15, -0.1) is 11.3 Å².